The number of nitrogens with zero attached hydrogens (tertiary/aromatic N) is 6. The van der Waals surface area contributed by atoms with Crippen molar-refractivity contribution >= 4 is 43.8 Å². The van der Waals surface area contributed by atoms with E-state index in [4.69, 9.17) is 9.72 Å². The molecule has 11 heteroatoms. The molecule has 0 spiro atoms. The fourth-order valence-electron chi connectivity index (χ4n) is 5.11. The van der Waals surface area contributed by atoms with Crippen LogP contribution in [0.25, 0.3) is 10.9 Å². The number of morpholine rings is 1. The molecule has 3 aromatic rings. The maximum atomic E-state index is 16.3. The predicted molar refractivity (Wildman–Crippen MR) is 140 cm³/mol. The van der Waals surface area contributed by atoms with Gasteiger partial charge >= 0.3 is 0 Å². The summed E-state index contributed by atoms with van der Waals surface area (Å²) in [5, 5.41) is 1.39. The first-order valence-electron chi connectivity index (χ1n) is 12.1. The van der Waals surface area contributed by atoms with Crippen molar-refractivity contribution in [3.63, 3.8) is 0 Å². The summed E-state index contributed by atoms with van der Waals surface area (Å²) >= 11 is 0. The Balaban J connectivity index is 1.54. The van der Waals surface area contributed by atoms with Crippen LogP contribution in [0, 0.1) is 6.92 Å². The Morgan fingerprint density at radius 3 is 2.56 bits per heavy atom. The van der Waals surface area contributed by atoms with Crippen LogP contribution in [0.1, 0.15) is 12.5 Å². The van der Waals surface area contributed by atoms with Crippen molar-refractivity contribution in [2.24, 2.45) is 0 Å². The topological polar surface area (TPSA) is 82.1 Å². The molecule has 0 unspecified atom stereocenters. The Labute approximate surface area is 211 Å². The van der Waals surface area contributed by atoms with Crippen LogP contribution in [0.3, 0.4) is 0 Å². The summed E-state index contributed by atoms with van der Waals surface area (Å²) < 4.78 is 47.5. The molecule has 0 N–H and O–H groups in total. The monoisotopic (exact) mass is 514 g/mol. The molecule has 192 valence electrons. The standard InChI is InChI=1S/C25H31FN6O3S/c1-18-17-30(8-9-31(18)36(3,33)34)25-19(2)24(22-6-4-5-7-23(22)28-25)32(26)21-14-20(15-27-16-21)29-10-12-35-13-11-29/h4-7,14-16,18H,8-13,17H2,1-3H3/t18-/m1/s1. The van der Waals surface area contributed by atoms with Crippen molar-refractivity contribution in [1.82, 2.24) is 14.3 Å². The van der Waals surface area contributed by atoms with Crippen molar-refractivity contribution in [3.05, 3.63) is 48.3 Å². The zero-order chi connectivity index (χ0) is 25.4. The van der Waals surface area contributed by atoms with Crippen LogP contribution in [0.5, 0.6) is 0 Å². The number of rotatable bonds is 5. The van der Waals surface area contributed by atoms with Gasteiger partial charge in [0.05, 0.1) is 54.4 Å². The van der Waals surface area contributed by atoms with Gasteiger partial charge in [0.15, 0.2) is 0 Å². The molecular weight excluding hydrogens is 483 g/mol. The van der Waals surface area contributed by atoms with Gasteiger partial charge < -0.3 is 14.5 Å². The summed E-state index contributed by atoms with van der Waals surface area (Å²) in [6, 6.07) is 9.07. The molecule has 4 heterocycles. The number of aromatic nitrogens is 2. The van der Waals surface area contributed by atoms with Gasteiger partial charge in [-0.15, -0.1) is 0 Å². The van der Waals surface area contributed by atoms with Crippen LogP contribution >= 0.6 is 0 Å². The van der Waals surface area contributed by atoms with Crippen LogP contribution in [0.15, 0.2) is 42.7 Å². The second kappa shape index (κ2) is 9.79. The van der Waals surface area contributed by atoms with Crippen molar-refractivity contribution in [3.8, 4) is 0 Å². The smallest absolute Gasteiger partial charge is 0.211 e. The van der Waals surface area contributed by atoms with Gasteiger partial charge in [0.1, 0.15) is 5.82 Å². The Bertz CT molecular complexity index is 1370. The van der Waals surface area contributed by atoms with E-state index in [0.717, 1.165) is 18.8 Å². The first-order chi connectivity index (χ1) is 17.2. The van der Waals surface area contributed by atoms with E-state index in [1.54, 1.807) is 12.3 Å². The average Bonchev–Trinajstić information content (AvgIpc) is 2.88. The van der Waals surface area contributed by atoms with E-state index in [1.807, 2.05) is 43.0 Å². The van der Waals surface area contributed by atoms with Gasteiger partial charge in [-0.2, -0.15) is 9.43 Å². The summed E-state index contributed by atoms with van der Waals surface area (Å²) in [5.74, 6) is 0.656. The molecule has 5 rings (SSSR count). The molecular formula is C25H31FN6O3S. The number of anilines is 4. The number of fused-ring (bicyclic) bond motifs is 1. The van der Waals surface area contributed by atoms with Crippen LogP contribution < -0.4 is 14.9 Å². The van der Waals surface area contributed by atoms with Gasteiger partial charge in [0.25, 0.3) is 0 Å². The third-order valence-electron chi connectivity index (χ3n) is 6.88. The minimum absolute atomic E-state index is 0.222. The minimum atomic E-state index is -3.30. The first-order valence-corrected chi connectivity index (χ1v) is 13.9. The summed E-state index contributed by atoms with van der Waals surface area (Å²) in [5.41, 5.74) is 2.95. The number of sulfonamides is 1. The molecule has 1 atom stereocenters. The molecule has 0 radical (unpaired) electrons. The largest absolute Gasteiger partial charge is 0.378 e. The highest BCUT2D eigenvalue weighted by molar-refractivity contribution is 7.88. The molecule has 9 nitrogen and oxygen atoms in total. The zero-order valence-corrected chi connectivity index (χ0v) is 21.6. The van der Waals surface area contributed by atoms with Crippen molar-refractivity contribution in [2.75, 3.05) is 67.1 Å². The number of pyridine rings is 2. The van der Waals surface area contributed by atoms with Crippen LogP contribution in [0.2, 0.25) is 0 Å². The Hall–Kier alpha value is -3.02. The molecule has 2 saturated heterocycles. The molecule has 36 heavy (non-hydrogen) atoms. The molecule has 0 saturated carbocycles. The second-order valence-corrected chi connectivity index (χ2v) is 11.3. The molecule has 0 amide bonds. The molecule has 2 aromatic heterocycles. The number of benzene rings is 1. The Morgan fingerprint density at radius 2 is 1.83 bits per heavy atom. The van der Waals surface area contributed by atoms with Gasteiger partial charge in [-0.3, -0.25) is 4.98 Å². The molecule has 0 bridgehead atoms. The second-order valence-electron chi connectivity index (χ2n) is 9.38. The zero-order valence-electron chi connectivity index (χ0n) is 20.8. The highest BCUT2D eigenvalue weighted by Gasteiger charge is 2.32. The quantitative estimate of drug-likeness (QED) is 0.480. The fourth-order valence-corrected chi connectivity index (χ4v) is 6.24. The SMILES string of the molecule is Cc1c(N2CCN(S(C)(=O)=O)[C@H](C)C2)nc2ccccc2c1N(F)c1cncc(N2CCOCC2)c1. The van der Waals surface area contributed by atoms with Gasteiger partial charge in [-0.05, 0) is 26.0 Å². The van der Waals surface area contributed by atoms with Gasteiger partial charge in [-0.1, -0.05) is 22.7 Å². The van der Waals surface area contributed by atoms with Crippen LogP contribution in [-0.4, -0.2) is 80.9 Å². The summed E-state index contributed by atoms with van der Waals surface area (Å²) in [6.07, 6.45) is 4.50. The molecule has 2 aliphatic heterocycles. The van der Waals surface area contributed by atoms with E-state index < -0.39 is 10.0 Å². The lowest BCUT2D eigenvalue weighted by Crippen LogP contribution is -2.54. The first kappa shape index (κ1) is 24.7. The molecule has 2 fully saturated rings. The predicted octanol–water partition coefficient (Wildman–Crippen LogP) is 3.27. The van der Waals surface area contributed by atoms with Crippen LogP contribution in [0.4, 0.5) is 27.4 Å². The van der Waals surface area contributed by atoms with E-state index in [1.165, 1.54) is 16.8 Å². The number of halogens is 1. The van der Waals surface area contributed by atoms with Gasteiger partial charge in [-0.25, -0.2) is 13.4 Å². The number of hydrogen-bond donors (Lipinski definition) is 0. The van der Waals surface area contributed by atoms with E-state index in [-0.39, 0.29) is 6.04 Å². The highest BCUT2D eigenvalue weighted by Crippen LogP contribution is 2.40. The van der Waals surface area contributed by atoms with E-state index >= 15 is 4.48 Å². The number of hydrogen-bond acceptors (Lipinski definition) is 8. The number of para-hydroxylation sites is 1. The molecule has 1 aromatic carbocycles. The Kier molecular flexibility index (Phi) is 6.71. The van der Waals surface area contributed by atoms with E-state index in [2.05, 4.69) is 9.88 Å². The maximum Gasteiger partial charge on any atom is 0.211 e. The third-order valence-corrected chi connectivity index (χ3v) is 8.27. The molecule has 0 aliphatic carbocycles. The summed E-state index contributed by atoms with van der Waals surface area (Å²) in [7, 11) is -3.30. The number of piperazine rings is 1. The lowest BCUT2D eigenvalue weighted by molar-refractivity contribution is 0.122. The third kappa shape index (κ3) is 4.70. The normalized spacial score (nSPS) is 19.6. The molecule has 2 aliphatic rings. The van der Waals surface area contributed by atoms with Crippen LogP contribution in [-0.2, 0) is 14.8 Å². The average molecular weight is 515 g/mol. The van der Waals surface area contributed by atoms with Gasteiger partial charge in [0.2, 0.25) is 10.0 Å². The fraction of sp³-hybridized carbons (Fsp3) is 0.440. The van der Waals surface area contributed by atoms with E-state index in [9.17, 15) is 8.42 Å². The Morgan fingerprint density at radius 1 is 1.08 bits per heavy atom. The maximum absolute atomic E-state index is 16.3. The van der Waals surface area contributed by atoms with Crippen molar-refractivity contribution < 1.29 is 17.6 Å². The van der Waals surface area contributed by atoms with Crippen molar-refractivity contribution in [1.29, 1.82) is 0 Å². The minimum Gasteiger partial charge on any atom is -0.378 e. The summed E-state index contributed by atoms with van der Waals surface area (Å²) in [6.45, 7) is 7.78. The lowest BCUT2D eigenvalue weighted by atomic mass is 10.1. The van der Waals surface area contributed by atoms with Crippen molar-refractivity contribution in [2.45, 2.75) is 19.9 Å². The summed E-state index contributed by atoms with van der Waals surface area (Å²) in [4.78, 5) is 13.4. The lowest BCUT2D eigenvalue weighted by Gasteiger charge is -2.39. The number of ether oxygens (including phenoxy) is 1. The van der Waals surface area contributed by atoms with E-state index in [0.29, 0.717) is 71.6 Å². The highest BCUT2D eigenvalue weighted by atomic mass is 32.2. The van der Waals surface area contributed by atoms with Gasteiger partial charge in [0, 0.05) is 49.7 Å².